The van der Waals surface area contributed by atoms with Crippen molar-refractivity contribution in [2.24, 2.45) is 0 Å². The molecule has 0 aliphatic heterocycles. The molecule has 1 aromatic carbocycles. The summed E-state index contributed by atoms with van der Waals surface area (Å²) in [5.74, 6) is 0.249. The molecule has 6 heteroatoms. The molecule has 104 valence electrons. The van der Waals surface area contributed by atoms with Gasteiger partial charge in [0.15, 0.2) is 0 Å². The van der Waals surface area contributed by atoms with Crippen molar-refractivity contribution >= 4 is 11.8 Å². The van der Waals surface area contributed by atoms with E-state index in [1.54, 1.807) is 30.3 Å². The molecule has 2 aromatic rings. The molecule has 0 aliphatic rings. The van der Waals surface area contributed by atoms with Crippen LogP contribution in [0.2, 0.25) is 0 Å². The summed E-state index contributed by atoms with van der Waals surface area (Å²) in [4.78, 5) is 18.8. The minimum atomic E-state index is -0.929. The van der Waals surface area contributed by atoms with E-state index in [0.717, 1.165) is 5.56 Å². The van der Waals surface area contributed by atoms with Crippen molar-refractivity contribution in [3.8, 4) is 5.88 Å². The molecule has 0 spiro atoms. The van der Waals surface area contributed by atoms with Crippen molar-refractivity contribution in [1.29, 1.82) is 0 Å². The average Bonchev–Trinajstić information content (AvgIpc) is 2.46. The van der Waals surface area contributed by atoms with Gasteiger partial charge < -0.3 is 15.2 Å². The van der Waals surface area contributed by atoms with Gasteiger partial charge in [0, 0.05) is 12.6 Å². The largest absolute Gasteiger partial charge is 0.478 e. The number of aromatic carboxylic acids is 1. The van der Waals surface area contributed by atoms with E-state index in [2.05, 4.69) is 15.3 Å². The Kier molecular flexibility index (Phi) is 4.49. The van der Waals surface area contributed by atoms with Crippen molar-refractivity contribution in [2.45, 2.75) is 13.5 Å². The zero-order valence-corrected chi connectivity index (χ0v) is 11.0. The zero-order valence-electron chi connectivity index (χ0n) is 11.0. The van der Waals surface area contributed by atoms with Gasteiger partial charge in [-0.1, -0.05) is 12.1 Å². The summed E-state index contributed by atoms with van der Waals surface area (Å²) < 4.78 is 5.28. The van der Waals surface area contributed by atoms with Gasteiger partial charge in [-0.15, -0.1) is 0 Å². The third-order valence-corrected chi connectivity index (χ3v) is 2.61. The predicted molar refractivity (Wildman–Crippen MR) is 73.9 cm³/mol. The van der Waals surface area contributed by atoms with Crippen LogP contribution in [0.5, 0.6) is 5.88 Å². The Hall–Kier alpha value is -2.63. The van der Waals surface area contributed by atoms with E-state index in [0.29, 0.717) is 24.8 Å². The second kappa shape index (κ2) is 6.51. The molecule has 0 radical (unpaired) electrons. The fourth-order valence-electron chi connectivity index (χ4n) is 1.62. The lowest BCUT2D eigenvalue weighted by Crippen LogP contribution is -2.03. The number of carboxylic acid groups (broad SMARTS) is 1. The number of benzene rings is 1. The molecule has 0 bridgehead atoms. The lowest BCUT2D eigenvalue weighted by molar-refractivity contribution is 0.0697. The number of aromatic nitrogens is 2. The zero-order chi connectivity index (χ0) is 14.4. The number of nitrogens with zero attached hydrogens (tertiary/aromatic N) is 2. The van der Waals surface area contributed by atoms with Gasteiger partial charge in [-0.3, -0.25) is 0 Å². The Morgan fingerprint density at radius 3 is 2.70 bits per heavy atom. The van der Waals surface area contributed by atoms with Gasteiger partial charge in [-0.05, 0) is 24.6 Å². The number of hydrogen-bond donors (Lipinski definition) is 2. The van der Waals surface area contributed by atoms with E-state index in [1.807, 2.05) is 6.92 Å². The second-order valence-corrected chi connectivity index (χ2v) is 4.03. The second-order valence-electron chi connectivity index (χ2n) is 4.03. The summed E-state index contributed by atoms with van der Waals surface area (Å²) in [6, 6.07) is 8.40. The Balaban J connectivity index is 1.97. The molecule has 1 heterocycles. The molecular formula is C14H15N3O3. The van der Waals surface area contributed by atoms with E-state index in [-0.39, 0.29) is 5.56 Å². The molecule has 0 unspecified atom stereocenters. The van der Waals surface area contributed by atoms with Crippen LogP contribution in [0.1, 0.15) is 22.8 Å². The van der Waals surface area contributed by atoms with E-state index in [4.69, 9.17) is 9.84 Å². The molecule has 0 atom stereocenters. The Morgan fingerprint density at radius 1 is 1.30 bits per heavy atom. The first-order chi connectivity index (χ1) is 9.69. The minimum Gasteiger partial charge on any atom is -0.478 e. The summed E-state index contributed by atoms with van der Waals surface area (Å²) in [7, 11) is 0. The smallest absolute Gasteiger partial charge is 0.335 e. The van der Waals surface area contributed by atoms with Gasteiger partial charge in [0.25, 0.3) is 0 Å². The third kappa shape index (κ3) is 3.68. The fourth-order valence-corrected chi connectivity index (χ4v) is 1.62. The Labute approximate surface area is 116 Å². The number of rotatable bonds is 6. The van der Waals surface area contributed by atoms with Crippen molar-refractivity contribution in [3.63, 3.8) is 0 Å². The highest BCUT2D eigenvalue weighted by Gasteiger charge is 2.02. The van der Waals surface area contributed by atoms with E-state index in [9.17, 15) is 4.79 Å². The molecule has 0 fully saturated rings. The third-order valence-electron chi connectivity index (χ3n) is 2.61. The number of ether oxygens (including phenoxy) is 1. The molecule has 0 saturated heterocycles. The first-order valence-corrected chi connectivity index (χ1v) is 6.20. The van der Waals surface area contributed by atoms with E-state index < -0.39 is 5.97 Å². The van der Waals surface area contributed by atoms with Crippen LogP contribution in [-0.4, -0.2) is 27.7 Å². The fraction of sp³-hybridized carbons (Fsp3) is 0.214. The average molecular weight is 273 g/mol. The monoisotopic (exact) mass is 273 g/mol. The number of nitrogens with one attached hydrogen (secondary N) is 1. The SMILES string of the molecule is CCOc1cc(NCc2ccc(C(=O)O)cc2)ncn1. The van der Waals surface area contributed by atoms with Crippen LogP contribution in [0.4, 0.5) is 5.82 Å². The standard InChI is InChI=1S/C14H15N3O3/c1-2-20-13-7-12(16-9-17-13)15-8-10-3-5-11(6-4-10)14(18)19/h3-7,9H,2,8H2,1H3,(H,18,19)(H,15,16,17). The number of hydrogen-bond acceptors (Lipinski definition) is 5. The first kappa shape index (κ1) is 13.8. The summed E-state index contributed by atoms with van der Waals surface area (Å²) >= 11 is 0. The van der Waals surface area contributed by atoms with E-state index >= 15 is 0 Å². The van der Waals surface area contributed by atoms with Crippen LogP contribution in [0.15, 0.2) is 36.7 Å². The predicted octanol–water partition coefficient (Wildman–Crippen LogP) is 2.19. The lowest BCUT2D eigenvalue weighted by atomic mass is 10.1. The normalized spacial score (nSPS) is 10.1. The van der Waals surface area contributed by atoms with Gasteiger partial charge >= 0.3 is 5.97 Å². The number of carboxylic acids is 1. The van der Waals surface area contributed by atoms with E-state index in [1.165, 1.54) is 6.33 Å². The first-order valence-electron chi connectivity index (χ1n) is 6.20. The lowest BCUT2D eigenvalue weighted by Gasteiger charge is -2.07. The number of carbonyl (C=O) groups is 1. The quantitative estimate of drug-likeness (QED) is 0.839. The van der Waals surface area contributed by atoms with Crippen LogP contribution >= 0.6 is 0 Å². The van der Waals surface area contributed by atoms with Gasteiger partial charge in [0.05, 0.1) is 12.2 Å². The molecule has 0 saturated carbocycles. The van der Waals surface area contributed by atoms with Crippen molar-refractivity contribution in [2.75, 3.05) is 11.9 Å². The maximum atomic E-state index is 10.7. The highest BCUT2D eigenvalue weighted by atomic mass is 16.5. The molecule has 0 amide bonds. The van der Waals surface area contributed by atoms with Crippen molar-refractivity contribution in [1.82, 2.24) is 9.97 Å². The number of anilines is 1. The molecule has 20 heavy (non-hydrogen) atoms. The van der Waals surface area contributed by atoms with Crippen LogP contribution in [-0.2, 0) is 6.54 Å². The molecule has 2 N–H and O–H groups in total. The Bertz CT molecular complexity index is 584. The molecular weight excluding hydrogens is 258 g/mol. The van der Waals surface area contributed by atoms with Crippen LogP contribution in [0, 0.1) is 0 Å². The van der Waals surface area contributed by atoms with Gasteiger partial charge in [0.2, 0.25) is 5.88 Å². The highest BCUT2D eigenvalue weighted by Crippen LogP contribution is 2.12. The van der Waals surface area contributed by atoms with Crippen LogP contribution in [0.25, 0.3) is 0 Å². The van der Waals surface area contributed by atoms with Gasteiger partial charge in [-0.25, -0.2) is 14.8 Å². The summed E-state index contributed by atoms with van der Waals surface area (Å²) in [5, 5.41) is 11.9. The van der Waals surface area contributed by atoms with Crippen LogP contribution < -0.4 is 10.1 Å². The van der Waals surface area contributed by atoms with Gasteiger partial charge in [0.1, 0.15) is 12.1 Å². The summed E-state index contributed by atoms with van der Waals surface area (Å²) in [5.41, 5.74) is 1.24. The topological polar surface area (TPSA) is 84.3 Å². The molecule has 1 aromatic heterocycles. The van der Waals surface area contributed by atoms with Crippen LogP contribution in [0.3, 0.4) is 0 Å². The molecule has 0 aliphatic carbocycles. The van der Waals surface area contributed by atoms with Crippen molar-refractivity contribution < 1.29 is 14.6 Å². The highest BCUT2D eigenvalue weighted by molar-refractivity contribution is 5.87. The maximum absolute atomic E-state index is 10.7. The summed E-state index contributed by atoms with van der Waals surface area (Å²) in [6.45, 7) is 2.98. The Morgan fingerprint density at radius 2 is 2.05 bits per heavy atom. The summed E-state index contributed by atoms with van der Waals surface area (Å²) in [6.07, 6.45) is 1.43. The molecule has 6 nitrogen and oxygen atoms in total. The molecule has 2 rings (SSSR count). The van der Waals surface area contributed by atoms with Crippen molar-refractivity contribution in [3.05, 3.63) is 47.8 Å². The minimum absolute atomic E-state index is 0.273. The van der Waals surface area contributed by atoms with Gasteiger partial charge in [-0.2, -0.15) is 0 Å². The maximum Gasteiger partial charge on any atom is 0.335 e.